The molecule has 0 bridgehead atoms. The van der Waals surface area contributed by atoms with E-state index in [4.69, 9.17) is 12.3 Å². The predicted octanol–water partition coefficient (Wildman–Crippen LogP) is 13.0. The summed E-state index contributed by atoms with van der Waals surface area (Å²) in [7, 11) is 0. The van der Waals surface area contributed by atoms with Crippen molar-refractivity contribution in [1.29, 1.82) is 0 Å². The Morgan fingerprint density at radius 3 is 1.66 bits per heavy atom. The van der Waals surface area contributed by atoms with Gasteiger partial charge in [0.25, 0.3) is 0 Å². The summed E-state index contributed by atoms with van der Waals surface area (Å²) in [6.45, 7) is 0. The van der Waals surface area contributed by atoms with Crippen molar-refractivity contribution in [1.82, 2.24) is 0 Å². The van der Waals surface area contributed by atoms with E-state index in [-0.39, 0.29) is 5.69 Å². The van der Waals surface area contributed by atoms with Gasteiger partial charge in [0.15, 0.2) is 0 Å². The van der Waals surface area contributed by atoms with Crippen LogP contribution >= 0.6 is 0 Å². The van der Waals surface area contributed by atoms with Gasteiger partial charge < -0.3 is 4.90 Å². The summed E-state index contributed by atoms with van der Waals surface area (Å²) in [5.74, 6) is 0. The molecule has 8 aromatic carbocycles. The van der Waals surface area contributed by atoms with Gasteiger partial charge in [0.2, 0.25) is 0 Å². The van der Waals surface area contributed by atoms with Crippen LogP contribution in [0.3, 0.4) is 0 Å². The van der Waals surface area contributed by atoms with E-state index in [1.54, 1.807) is 4.90 Å². The van der Waals surface area contributed by atoms with Gasteiger partial charge in [0, 0.05) is 16.9 Å². The van der Waals surface area contributed by atoms with Crippen LogP contribution in [0.2, 0.25) is 0 Å². The molecule has 0 aliphatic rings. The zero-order valence-electron chi connectivity index (χ0n) is 38.0. The molecule has 222 valence electrons. The highest BCUT2D eigenvalue weighted by atomic mass is 15.1. The van der Waals surface area contributed by atoms with Crippen LogP contribution in [0, 0.1) is 0 Å². The molecule has 0 aliphatic heterocycles. The summed E-state index contributed by atoms with van der Waals surface area (Å²) in [6, 6.07) is 29.6. The fraction of sp³-hybridized carbons (Fsp3) is 0. The van der Waals surface area contributed by atoms with Crippen molar-refractivity contribution in [2.24, 2.45) is 0 Å². The van der Waals surface area contributed by atoms with Crippen molar-refractivity contribution in [3.8, 4) is 44.5 Å². The van der Waals surface area contributed by atoms with Gasteiger partial charge >= 0.3 is 0 Å². The first-order chi connectivity index (χ1) is 28.7. The van der Waals surface area contributed by atoms with Crippen molar-refractivity contribution < 1.29 is 17.8 Å². The molecule has 0 heterocycles. The zero-order chi connectivity index (χ0) is 42.7. The Balaban J connectivity index is 1.37. The van der Waals surface area contributed by atoms with Gasteiger partial charge in [-0.25, -0.2) is 0 Å². The minimum Gasteiger partial charge on any atom is -0.310 e. The summed E-state index contributed by atoms with van der Waals surface area (Å²) in [4.78, 5) is 1.66. The lowest BCUT2D eigenvalue weighted by Gasteiger charge is -2.28. The summed E-state index contributed by atoms with van der Waals surface area (Å²) >= 11 is 0. The maximum Gasteiger partial charge on any atom is 0.0645 e. The summed E-state index contributed by atoms with van der Waals surface area (Å²) in [5.41, 5.74) is 2.15. The first kappa shape index (κ1) is 17.5. The molecule has 0 aromatic heterocycles. The number of hydrogen-bond acceptors (Lipinski definition) is 1. The molecule has 0 radical (unpaired) electrons. The highest BCUT2D eigenvalue weighted by Gasteiger charge is 2.18. The lowest BCUT2D eigenvalue weighted by atomic mass is 9.98. The molecule has 0 saturated heterocycles. The molecule has 0 N–H and O–H groups in total. The summed E-state index contributed by atoms with van der Waals surface area (Å²) < 4.78 is 115. The lowest BCUT2D eigenvalue weighted by molar-refractivity contribution is 1.28. The number of nitrogens with zero attached hydrogens (tertiary/aromatic N) is 1. The third kappa shape index (κ3) is 5.83. The Hall–Kier alpha value is -6.18. The second-order valence-corrected chi connectivity index (χ2v) is 10.8. The Labute approximate surface area is 294 Å². The monoisotopic (exact) mass is 612 g/mol. The van der Waals surface area contributed by atoms with Gasteiger partial charge in [0.05, 0.1) is 23.5 Å². The standard InChI is InChI=1S/C46H33N/c1-3-12-34(13-4-1)36-22-24-37(25-23-36)38-28-30-43(31-29-38)47(46-21-10-9-20-45(46)39-15-5-2-6-16-39)44-19-11-18-41(33-44)42-27-26-35-14-7-8-17-40(35)32-42/h1-33H/i1D,3D,4D,12D,13D,22D,23D,24D,25D,28D,29D,30D,31D. The first-order valence-electron chi connectivity index (χ1n) is 21.5. The first-order valence-corrected chi connectivity index (χ1v) is 15.0. The molecule has 8 rings (SSSR count). The van der Waals surface area contributed by atoms with Crippen molar-refractivity contribution in [3.63, 3.8) is 0 Å². The quantitative estimate of drug-likeness (QED) is 0.173. The SMILES string of the molecule is [2H]c1c([2H])c([2H])c(-c2c([2H])c([2H])c(-c3c([2H])c([2H])c(N(c4cccc(-c5ccc6ccccc6c5)c4)c4ccccc4-c4ccccc4)c([2H])c3[2H])c([2H])c2[2H])c([2H])c1[2H]. The van der Waals surface area contributed by atoms with Crippen LogP contribution in [0.25, 0.3) is 55.3 Å². The smallest absolute Gasteiger partial charge is 0.0645 e. The summed E-state index contributed by atoms with van der Waals surface area (Å²) in [5, 5.41) is 2.11. The van der Waals surface area contributed by atoms with Crippen LogP contribution in [0.5, 0.6) is 0 Å². The number of anilines is 3. The van der Waals surface area contributed by atoms with Gasteiger partial charge in [0.1, 0.15) is 0 Å². The Morgan fingerprint density at radius 2 is 0.915 bits per heavy atom. The molecular formula is C46H33N. The van der Waals surface area contributed by atoms with Crippen LogP contribution in [0.1, 0.15) is 17.8 Å². The molecule has 1 nitrogen and oxygen atoms in total. The molecule has 0 spiro atoms. The average molecular weight is 613 g/mol. The molecule has 0 amide bonds. The number of fused-ring (bicyclic) bond motifs is 1. The van der Waals surface area contributed by atoms with E-state index in [2.05, 4.69) is 6.07 Å². The van der Waals surface area contributed by atoms with E-state index in [1.807, 2.05) is 115 Å². The third-order valence-electron chi connectivity index (χ3n) is 7.88. The van der Waals surface area contributed by atoms with Gasteiger partial charge in [-0.15, -0.1) is 0 Å². The fourth-order valence-electron chi connectivity index (χ4n) is 5.59. The van der Waals surface area contributed by atoms with Crippen LogP contribution in [0.15, 0.2) is 200 Å². The van der Waals surface area contributed by atoms with E-state index in [1.165, 1.54) is 0 Å². The van der Waals surface area contributed by atoms with Crippen LogP contribution in [0.4, 0.5) is 17.1 Å². The minimum absolute atomic E-state index is 0.126. The highest BCUT2D eigenvalue weighted by molar-refractivity contribution is 5.91. The second-order valence-electron chi connectivity index (χ2n) is 10.8. The van der Waals surface area contributed by atoms with Gasteiger partial charge in [-0.1, -0.05) is 164 Å². The zero-order valence-corrected chi connectivity index (χ0v) is 25.0. The van der Waals surface area contributed by atoms with Crippen molar-refractivity contribution >= 4 is 27.8 Å². The average Bonchev–Trinajstić information content (AvgIpc) is 3.27. The molecular weight excluding hydrogens is 567 g/mol. The topological polar surface area (TPSA) is 3.24 Å². The second kappa shape index (κ2) is 12.7. The Morgan fingerprint density at radius 1 is 0.340 bits per heavy atom. The van der Waals surface area contributed by atoms with E-state index < -0.39 is 101 Å². The summed E-state index contributed by atoms with van der Waals surface area (Å²) in [6.07, 6.45) is 0. The molecule has 47 heavy (non-hydrogen) atoms. The predicted molar refractivity (Wildman–Crippen MR) is 200 cm³/mol. The van der Waals surface area contributed by atoms with Gasteiger partial charge in [-0.05, 0) is 86.1 Å². The van der Waals surface area contributed by atoms with E-state index in [9.17, 15) is 5.48 Å². The Kier molecular flexibility index (Phi) is 4.72. The normalized spacial score (nSPS) is 14.9. The van der Waals surface area contributed by atoms with Crippen LogP contribution < -0.4 is 4.90 Å². The molecule has 8 aromatic rings. The minimum atomic E-state index is -0.769. The van der Waals surface area contributed by atoms with Crippen molar-refractivity contribution in [3.05, 3.63) is 200 Å². The Bertz CT molecular complexity index is 2950. The van der Waals surface area contributed by atoms with E-state index in [0.29, 0.717) is 11.4 Å². The number of benzene rings is 8. The fourth-order valence-corrected chi connectivity index (χ4v) is 5.59. The number of para-hydroxylation sites is 1. The number of hydrogen-bond donors (Lipinski definition) is 0. The molecule has 0 unspecified atom stereocenters. The van der Waals surface area contributed by atoms with Crippen LogP contribution in [-0.2, 0) is 0 Å². The van der Waals surface area contributed by atoms with Crippen LogP contribution in [-0.4, -0.2) is 0 Å². The van der Waals surface area contributed by atoms with Gasteiger partial charge in [-0.2, -0.15) is 0 Å². The van der Waals surface area contributed by atoms with Crippen molar-refractivity contribution in [2.45, 2.75) is 0 Å². The maximum atomic E-state index is 9.53. The molecule has 0 aliphatic carbocycles. The maximum absolute atomic E-state index is 9.53. The third-order valence-corrected chi connectivity index (χ3v) is 7.88. The number of rotatable bonds is 7. The highest BCUT2D eigenvalue weighted by Crippen LogP contribution is 2.42. The molecule has 0 saturated carbocycles. The molecule has 1 heteroatoms. The largest absolute Gasteiger partial charge is 0.310 e. The van der Waals surface area contributed by atoms with E-state index >= 15 is 0 Å². The molecule has 0 fully saturated rings. The van der Waals surface area contributed by atoms with Crippen molar-refractivity contribution in [2.75, 3.05) is 4.90 Å². The molecule has 0 atom stereocenters. The van der Waals surface area contributed by atoms with E-state index in [0.717, 1.165) is 33.0 Å². The van der Waals surface area contributed by atoms with Gasteiger partial charge in [-0.3, -0.25) is 0 Å². The lowest BCUT2D eigenvalue weighted by Crippen LogP contribution is -2.11.